The lowest BCUT2D eigenvalue weighted by atomic mass is 10.1. The first-order valence-corrected chi connectivity index (χ1v) is 7.96. The van der Waals surface area contributed by atoms with Crippen molar-refractivity contribution in [1.29, 1.82) is 0 Å². The number of aliphatic hydroxyl groups is 2. The maximum atomic E-state index is 12.2. The topological polar surface area (TPSA) is 82.5 Å². The zero-order chi connectivity index (χ0) is 16.4. The zero-order valence-electron chi connectivity index (χ0n) is 12.4. The first kappa shape index (κ1) is 15.6. The quantitative estimate of drug-likeness (QED) is 0.687. The van der Waals surface area contributed by atoms with Crippen molar-refractivity contribution in [2.45, 2.75) is 19.1 Å². The number of benzene rings is 2. The van der Waals surface area contributed by atoms with Gasteiger partial charge in [0, 0.05) is 5.69 Å². The van der Waals surface area contributed by atoms with Crippen LogP contribution in [0.15, 0.2) is 48.5 Å². The van der Waals surface area contributed by atoms with Gasteiger partial charge in [0.2, 0.25) is 0 Å². The van der Waals surface area contributed by atoms with E-state index in [2.05, 4.69) is 10.3 Å². The van der Waals surface area contributed by atoms with Crippen LogP contribution in [0, 0.1) is 6.92 Å². The Balaban J connectivity index is 1.77. The minimum atomic E-state index is -1.59. The van der Waals surface area contributed by atoms with Crippen molar-refractivity contribution >= 4 is 33.1 Å². The molecule has 2 unspecified atom stereocenters. The van der Waals surface area contributed by atoms with Gasteiger partial charge in [-0.2, -0.15) is 0 Å². The summed E-state index contributed by atoms with van der Waals surface area (Å²) in [5, 5.41) is 23.3. The van der Waals surface area contributed by atoms with Crippen molar-refractivity contribution in [2.24, 2.45) is 0 Å². The summed E-state index contributed by atoms with van der Waals surface area (Å²) in [6.45, 7) is 1.85. The Hall–Kier alpha value is -2.28. The Morgan fingerprint density at radius 3 is 2.57 bits per heavy atom. The molecule has 2 aromatic carbocycles. The Morgan fingerprint density at radius 2 is 1.83 bits per heavy atom. The highest BCUT2D eigenvalue weighted by atomic mass is 32.1. The van der Waals surface area contributed by atoms with Crippen LogP contribution in [0.5, 0.6) is 0 Å². The average molecular weight is 328 g/mol. The predicted molar refractivity (Wildman–Crippen MR) is 90.4 cm³/mol. The van der Waals surface area contributed by atoms with Gasteiger partial charge in [-0.05, 0) is 30.7 Å². The second-order valence-corrected chi connectivity index (χ2v) is 6.28. The predicted octanol–water partition coefficient (Wildman–Crippen LogP) is 2.64. The highest BCUT2D eigenvalue weighted by Gasteiger charge is 2.28. The number of carbonyl (C=O) groups excluding carboxylic acids is 1. The molecule has 23 heavy (non-hydrogen) atoms. The lowest BCUT2D eigenvalue weighted by Gasteiger charge is -2.16. The molecule has 0 saturated heterocycles. The van der Waals surface area contributed by atoms with E-state index in [9.17, 15) is 15.0 Å². The third-order valence-electron chi connectivity index (χ3n) is 3.53. The number of anilines is 1. The smallest absolute Gasteiger partial charge is 0.256 e. The SMILES string of the molecule is Cc1ccccc1NC(=O)C(O)C(O)c1nc2ccccc2s1. The van der Waals surface area contributed by atoms with Crippen LogP contribution in [0.3, 0.4) is 0 Å². The number of para-hydroxylation sites is 2. The van der Waals surface area contributed by atoms with Gasteiger partial charge in [0.05, 0.1) is 10.2 Å². The molecule has 5 nitrogen and oxygen atoms in total. The Morgan fingerprint density at radius 1 is 1.13 bits per heavy atom. The molecule has 3 rings (SSSR count). The molecule has 2 atom stereocenters. The number of carbonyl (C=O) groups is 1. The second-order valence-electron chi connectivity index (χ2n) is 5.21. The van der Waals surface area contributed by atoms with E-state index in [4.69, 9.17) is 0 Å². The lowest BCUT2D eigenvalue weighted by Crippen LogP contribution is -2.33. The van der Waals surface area contributed by atoms with Crippen molar-refractivity contribution in [1.82, 2.24) is 4.98 Å². The van der Waals surface area contributed by atoms with E-state index in [-0.39, 0.29) is 0 Å². The molecule has 0 aliphatic rings. The number of fused-ring (bicyclic) bond motifs is 1. The number of amides is 1. The van der Waals surface area contributed by atoms with E-state index in [0.29, 0.717) is 10.7 Å². The first-order valence-electron chi connectivity index (χ1n) is 7.14. The normalized spacial score (nSPS) is 13.7. The molecule has 118 valence electrons. The maximum absolute atomic E-state index is 12.2. The molecule has 1 heterocycles. The van der Waals surface area contributed by atoms with Gasteiger partial charge in [-0.25, -0.2) is 4.98 Å². The van der Waals surface area contributed by atoms with E-state index in [1.54, 1.807) is 12.1 Å². The molecule has 3 aromatic rings. The summed E-state index contributed by atoms with van der Waals surface area (Å²) in [5.41, 5.74) is 2.22. The molecule has 0 aliphatic carbocycles. The minimum Gasteiger partial charge on any atom is -0.383 e. The molecule has 1 amide bonds. The van der Waals surface area contributed by atoms with Crippen molar-refractivity contribution in [3.8, 4) is 0 Å². The summed E-state index contributed by atoms with van der Waals surface area (Å²) in [6, 6.07) is 14.7. The van der Waals surface area contributed by atoms with Crippen molar-refractivity contribution in [3.05, 3.63) is 59.1 Å². The standard InChI is InChI=1S/C17H16N2O3S/c1-10-6-2-3-7-11(10)18-16(22)14(20)15(21)17-19-12-8-4-5-9-13(12)23-17/h2-9,14-15,20-21H,1H3,(H,18,22). The average Bonchev–Trinajstić information content (AvgIpc) is 2.99. The Kier molecular flexibility index (Phi) is 4.38. The lowest BCUT2D eigenvalue weighted by molar-refractivity contribution is -0.129. The molecule has 6 heteroatoms. The van der Waals surface area contributed by atoms with Gasteiger partial charge in [0.25, 0.3) is 5.91 Å². The number of hydrogen-bond acceptors (Lipinski definition) is 5. The van der Waals surface area contributed by atoms with Gasteiger partial charge in [0.1, 0.15) is 11.1 Å². The molecule has 1 aromatic heterocycles. The van der Waals surface area contributed by atoms with E-state index < -0.39 is 18.1 Å². The molecule has 0 bridgehead atoms. The third-order valence-corrected chi connectivity index (χ3v) is 4.64. The fraction of sp³-hybridized carbons (Fsp3) is 0.176. The second kappa shape index (κ2) is 6.45. The molecule has 3 N–H and O–H groups in total. The number of thiazole rings is 1. The number of nitrogens with one attached hydrogen (secondary N) is 1. The summed E-state index contributed by atoms with van der Waals surface area (Å²) < 4.78 is 0.896. The van der Waals surface area contributed by atoms with Crippen molar-refractivity contribution < 1.29 is 15.0 Å². The van der Waals surface area contributed by atoms with Crippen LogP contribution in [0.2, 0.25) is 0 Å². The van der Waals surface area contributed by atoms with Crippen LogP contribution in [0.4, 0.5) is 5.69 Å². The zero-order valence-corrected chi connectivity index (χ0v) is 13.2. The van der Waals surface area contributed by atoms with E-state index >= 15 is 0 Å². The summed E-state index contributed by atoms with van der Waals surface area (Å²) in [5.74, 6) is -0.661. The van der Waals surface area contributed by atoms with Gasteiger partial charge in [0.15, 0.2) is 6.10 Å². The molecule has 0 spiro atoms. The summed E-state index contributed by atoms with van der Waals surface area (Å²) in [6.07, 6.45) is -2.95. The van der Waals surface area contributed by atoms with Crippen molar-refractivity contribution in [3.63, 3.8) is 0 Å². The molecule has 0 aliphatic heterocycles. The summed E-state index contributed by atoms with van der Waals surface area (Å²) in [4.78, 5) is 16.4. The van der Waals surface area contributed by atoms with Gasteiger partial charge < -0.3 is 15.5 Å². The van der Waals surface area contributed by atoms with Crippen LogP contribution < -0.4 is 5.32 Å². The Bertz CT molecular complexity index is 813. The van der Waals surface area contributed by atoms with Crippen LogP contribution in [-0.4, -0.2) is 27.2 Å². The number of aryl methyl sites for hydroxylation is 1. The molecular weight excluding hydrogens is 312 g/mol. The number of aromatic nitrogens is 1. The molecular formula is C17H16N2O3S. The fourth-order valence-electron chi connectivity index (χ4n) is 2.21. The highest BCUT2D eigenvalue weighted by Crippen LogP contribution is 2.28. The van der Waals surface area contributed by atoms with E-state index in [1.807, 2.05) is 43.3 Å². The van der Waals surface area contributed by atoms with E-state index in [0.717, 1.165) is 15.8 Å². The maximum Gasteiger partial charge on any atom is 0.256 e. The largest absolute Gasteiger partial charge is 0.383 e. The highest BCUT2D eigenvalue weighted by molar-refractivity contribution is 7.18. The van der Waals surface area contributed by atoms with Gasteiger partial charge in [-0.3, -0.25) is 4.79 Å². The monoisotopic (exact) mass is 328 g/mol. The number of nitrogens with zero attached hydrogens (tertiary/aromatic N) is 1. The molecule has 0 fully saturated rings. The Labute approximate surface area is 137 Å². The first-order chi connectivity index (χ1) is 11.1. The number of aliphatic hydroxyl groups excluding tert-OH is 2. The fourth-order valence-corrected chi connectivity index (χ4v) is 3.20. The molecule has 0 radical (unpaired) electrons. The van der Waals surface area contributed by atoms with Crippen LogP contribution in [-0.2, 0) is 4.79 Å². The van der Waals surface area contributed by atoms with Gasteiger partial charge in [-0.15, -0.1) is 11.3 Å². The number of rotatable bonds is 4. The minimum absolute atomic E-state index is 0.318. The van der Waals surface area contributed by atoms with Gasteiger partial charge in [-0.1, -0.05) is 30.3 Å². The van der Waals surface area contributed by atoms with Crippen LogP contribution in [0.1, 0.15) is 16.7 Å². The van der Waals surface area contributed by atoms with Gasteiger partial charge >= 0.3 is 0 Å². The number of hydrogen-bond donors (Lipinski definition) is 3. The van der Waals surface area contributed by atoms with Crippen LogP contribution >= 0.6 is 11.3 Å². The van der Waals surface area contributed by atoms with Crippen molar-refractivity contribution in [2.75, 3.05) is 5.32 Å². The van der Waals surface area contributed by atoms with E-state index in [1.165, 1.54) is 11.3 Å². The van der Waals surface area contributed by atoms with Crippen LogP contribution in [0.25, 0.3) is 10.2 Å². The summed E-state index contributed by atoms with van der Waals surface area (Å²) >= 11 is 1.26. The third kappa shape index (κ3) is 3.24. The molecule has 0 saturated carbocycles. The summed E-state index contributed by atoms with van der Waals surface area (Å²) in [7, 11) is 0.